The molecular formula is C21H22N2O3. The third-order valence-electron chi connectivity index (χ3n) is 5.07. The second-order valence-corrected chi connectivity index (χ2v) is 6.85. The Bertz CT molecular complexity index is 810. The zero-order valence-corrected chi connectivity index (χ0v) is 14.6. The number of carbonyl (C=O) groups excluding carboxylic acids is 2. The first kappa shape index (κ1) is 16.8. The predicted molar refractivity (Wildman–Crippen MR) is 100 cm³/mol. The molecule has 0 spiro atoms. The zero-order valence-electron chi connectivity index (χ0n) is 14.6. The molecule has 0 aliphatic carbocycles. The summed E-state index contributed by atoms with van der Waals surface area (Å²) < 4.78 is 5.25. The van der Waals surface area contributed by atoms with E-state index in [0.717, 1.165) is 36.3 Å². The summed E-state index contributed by atoms with van der Waals surface area (Å²) in [6, 6.07) is 15.6. The lowest BCUT2D eigenvalue weighted by atomic mass is 10.1. The summed E-state index contributed by atoms with van der Waals surface area (Å²) in [6.45, 7) is 1.89. The second kappa shape index (κ2) is 7.30. The second-order valence-electron chi connectivity index (χ2n) is 6.85. The highest BCUT2D eigenvalue weighted by molar-refractivity contribution is 5.97. The SMILES string of the molecule is O=C(Nc1ccc(CC(=O)N2CCc3ccccc32)cc1)C1CCOC1. The standard InChI is InChI=1S/C21H22N2O3/c24-20(23-11-9-16-3-1-2-4-19(16)23)13-15-5-7-18(8-6-15)22-21(25)17-10-12-26-14-17/h1-8,17H,9-14H2,(H,22,25). The molecule has 5 heteroatoms. The molecule has 2 aromatic rings. The number of hydrogen-bond acceptors (Lipinski definition) is 3. The van der Waals surface area contributed by atoms with Crippen molar-refractivity contribution in [3.8, 4) is 0 Å². The van der Waals surface area contributed by atoms with Crippen LogP contribution in [0.1, 0.15) is 17.5 Å². The van der Waals surface area contributed by atoms with Crippen LogP contribution in [0, 0.1) is 5.92 Å². The van der Waals surface area contributed by atoms with Crippen molar-refractivity contribution in [2.45, 2.75) is 19.3 Å². The van der Waals surface area contributed by atoms with Crippen molar-refractivity contribution in [2.24, 2.45) is 5.92 Å². The third kappa shape index (κ3) is 3.48. The number of rotatable bonds is 4. The molecule has 0 bridgehead atoms. The van der Waals surface area contributed by atoms with Crippen molar-refractivity contribution in [2.75, 3.05) is 30.0 Å². The molecule has 2 aliphatic heterocycles. The number of hydrogen-bond donors (Lipinski definition) is 1. The Labute approximate surface area is 153 Å². The van der Waals surface area contributed by atoms with E-state index in [9.17, 15) is 9.59 Å². The fourth-order valence-corrected chi connectivity index (χ4v) is 3.56. The van der Waals surface area contributed by atoms with Gasteiger partial charge in [-0.05, 0) is 42.2 Å². The van der Waals surface area contributed by atoms with Crippen molar-refractivity contribution in [1.82, 2.24) is 0 Å². The van der Waals surface area contributed by atoms with Gasteiger partial charge in [-0.15, -0.1) is 0 Å². The van der Waals surface area contributed by atoms with Gasteiger partial charge in [-0.3, -0.25) is 9.59 Å². The summed E-state index contributed by atoms with van der Waals surface area (Å²) in [5.41, 5.74) is 3.96. The summed E-state index contributed by atoms with van der Waals surface area (Å²) in [6.07, 6.45) is 2.05. The topological polar surface area (TPSA) is 58.6 Å². The maximum absolute atomic E-state index is 12.7. The number of fused-ring (bicyclic) bond motifs is 1. The number of anilines is 2. The van der Waals surface area contributed by atoms with Gasteiger partial charge in [-0.1, -0.05) is 30.3 Å². The summed E-state index contributed by atoms with van der Waals surface area (Å²) in [7, 11) is 0. The Kier molecular flexibility index (Phi) is 4.71. The van der Waals surface area contributed by atoms with Crippen LogP contribution in [0.2, 0.25) is 0 Å². The molecule has 1 N–H and O–H groups in total. The molecule has 26 heavy (non-hydrogen) atoms. The molecule has 2 aromatic carbocycles. The fraction of sp³-hybridized carbons (Fsp3) is 0.333. The van der Waals surface area contributed by atoms with Gasteiger partial charge in [0.25, 0.3) is 0 Å². The average Bonchev–Trinajstić information content (AvgIpc) is 3.33. The molecule has 1 saturated heterocycles. The van der Waals surface area contributed by atoms with Gasteiger partial charge < -0.3 is 15.0 Å². The van der Waals surface area contributed by atoms with Crippen LogP contribution in [0.25, 0.3) is 0 Å². The Hall–Kier alpha value is -2.66. The average molecular weight is 350 g/mol. The maximum Gasteiger partial charge on any atom is 0.231 e. The summed E-state index contributed by atoms with van der Waals surface area (Å²) in [5, 5.41) is 2.92. The number of amides is 2. The summed E-state index contributed by atoms with van der Waals surface area (Å²) in [4.78, 5) is 26.6. The van der Waals surface area contributed by atoms with Crippen LogP contribution in [-0.2, 0) is 27.2 Å². The van der Waals surface area contributed by atoms with Crippen LogP contribution in [0.4, 0.5) is 11.4 Å². The van der Waals surface area contributed by atoms with Gasteiger partial charge in [0.2, 0.25) is 11.8 Å². The largest absolute Gasteiger partial charge is 0.381 e. The Morgan fingerprint density at radius 3 is 2.69 bits per heavy atom. The molecule has 2 aliphatic rings. The van der Waals surface area contributed by atoms with E-state index in [4.69, 9.17) is 4.74 Å². The van der Waals surface area contributed by atoms with Gasteiger partial charge in [0.1, 0.15) is 0 Å². The van der Waals surface area contributed by atoms with Crippen molar-refractivity contribution in [3.05, 3.63) is 59.7 Å². The molecule has 0 aromatic heterocycles. The maximum atomic E-state index is 12.7. The van der Waals surface area contributed by atoms with Crippen LogP contribution in [0.5, 0.6) is 0 Å². The van der Waals surface area contributed by atoms with Gasteiger partial charge in [-0.25, -0.2) is 0 Å². The molecule has 0 saturated carbocycles. The highest BCUT2D eigenvalue weighted by Crippen LogP contribution is 2.28. The first-order valence-electron chi connectivity index (χ1n) is 9.06. The number of para-hydroxylation sites is 1. The Morgan fingerprint density at radius 2 is 1.92 bits per heavy atom. The lowest BCUT2D eigenvalue weighted by Crippen LogP contribution is -2.30. The highest BCUT2D eigenvalue weighted by Gasteiger charge is 2.25. The lowest BCUT2D eigenvalue weighted by Gasteiger charge is -2.17. The number of carbonyl (C=O) groups is 2. The molecular weight excluding hydrogens is 328 g/mol. The van der Waals surface area contributed by atoms with E-state index in [1.807, 2.05) is 47.4 Å². The van der Waals surface area contributed by atoms with Gasteiger partial charge in [-0.2, -0.15) is 0 Å². The molecule has 1 unspecified atom stereocenters. The van der Waals surface area contributed by atoms with E-state index in [-0.39, 0.29) is 17.7 Å². The number of benzene rings is 2. The first-order valence-corrected chi connectivity index (χ1v) is 9.06. The van der Waals surface area contributed by atoms with Gasteiger partial charge in [0.05, 0.1) is 18.9 Å². The van der Waals surface area contributed by atoms with Crippen LogP contribution >= 0.6 is 0 Å². The van der Waals surface area contributed by atoms with Gasteiger partial charge >= 0.3 is 0 Å². The normalized spacial score (nSPS) is 18.6. The predicted octanol–water partition coefficient (Wildman–Crippen LogP) is 2.79. The molecule has 2 heterocycles. The smallest absolute Gasteiger partial charge is 0.231 e. The molecule has 0 radical (unpaired) electrons. The first-order chi connectivity index (χ1) is 12.7. The monoisotopic (exact) mass is 350 g/mol. The molecule has 1 atom stereocenters. The number of ether oxygens (including phenoxy) is 1. The third-order valence-corrected chi connectivity index (χ3v) is 5.07. The van der Waals surface area contributed by atoms with E-state index < -0.39 is 0 Å². The Balaban J connectivity index is 1.37. The van der Waals surface area contributed by atoms with Crippen LogP contribution in [-0.4, -0.2) is 31.6 Å². The van der Waals surface area contributed by atoms with Gasteiger partial charge in [0, 0.05) is 24.5 Å². The van der Waals surface area contributed by atoms with Crippen molar-refractivity contribution >= 4 is 23.2 Å². The van der Waals surface area contributed by atoms with Crippen LogP contribution in [0.15, 0.2) is 48.5 Å². The van der Waals surface area contributed by atoms with E-state index in [2.05, 4.69) is 11.4 Å². The summed E-state index contributed by atoms with van der Waals surface area (Å²) >= 11 is 0. The lowest BCUT2D eigenvalue weighted by molar-refractivity contribution is -0.120. The minimum atomic E-state index is -0.0634. The van der Waals surface area contributed by atoms with Crippen LogP contribution < -0.4 is 10.2 Å². The number of nitrogens with one attached hydrogen (secondary N) is 1. The summed E-state index contributed by atoms with van der Waals surface area (Å²) in [5.74, 6) is 0.0429. The van der Waals surface area contributed by atoms with Gasteiger partial charge in [0.15, 0.2) is 0 Å². The zero-order chi connectivity index (χ0) is 17.9. The van der Waals surface area contributed by atoms with E-state index in [1.54, 1.807) is 0 Å². The van der Waals surface area contributed by atoms with Crippen molar-refractivity contribution < 1.29 is 14.3 Å². The van der Waals surface area contributed by atoms with Crippen molar-refractivity contribution in [1.29, 1.82) is 0 Å². The van der Waals surface area contributed by atoms with E-state index in [1.165, 1.54) is 5.56 Å². The molecule has 2 amide bonds. The van der Waals surface area contributed by atoms with Crippen LogP contribution in [0.3, 0.4) is 0 Å². The fourth-order valence-electron chi connectivity index (χ4n) is 3.56. The Morgan fingerprint density at radius 1 is 1.12 bits per heavy atom. The minimum Gasteiger partial charge on any atom is -0.381 e. The van der Waals surface area contributed by atoms with E-state index in [0.29, 0.717) is 19.6 Å². The molecule has 4 rings (SSSR count). The minimum absolute atomic E-state index is 0.000000123. The highest BCUT2D eigenvalue weighted by atomic mass is 16.5. The van der Waals surface area contributed by atoms with Crippen molar-refractivity contribution in [3.63, 3.8) is 0 Å². The number of nitrogens with zero attached hydrogens (tertiary/aromatic N) is 1. The molecule has 5 nitrogen and oxygen atoms in total. The quantitative estimate of drug-likeness (QED) is 0.922. The van der Waals surface area contributed by atoms with E-state index >= 15 is 0 Å². The molecule has 134 valence electrons. The molecule has 1 fully saturated rings.